The summed E-state index contributed by atoms with van der Waals surface area (Å²) in [6.07, 6.45) is 3.65. The highest BCUT2D eigenvalue weighted by molar-refractivity contribution is 6.01. The van der Waals surface area contributed by atoms with Gasteiger partial charge in [0.15, 0.2) is 0 Å². The smallest absolute Gasteiger partial charge is 0.418 e. The largest absolute Gasteiger partial charge is 0.507 e. The van der Waals surface area contributed by atoms with E-state index in [4.69, 9.17) is 14.5 Å². The summed E-state index contributed by atoms with van der Waals surface area (Å²) in [5, 5.41) is 17.1. The van der Waals surface area contributed by atoms with E-state index >= 15 is 0 Å². The number of carbonyl (C=O) groups excluding carboxylic acids is 2. The fourth-order valence-corrected chi connectivity index (χ4v) is 4.72. The number of rotatable bonds is 7. The molecule has 36 heavy (non-hydrogen) atoms. The van der Waals surface area contributed by atoms with Gasteiger partial charge in [0.25, 0.3) is 0 Å². The van der Waals surface area contributed by atoms with Crippen molar-refractivity contribution < 1.29 is 24.2 Å². The van der Waals surface area contributed by atoms with Crippen LogP contribution in [0.5, 0.6) is 11.5 Å². The number of pyridine rings is 1. The van der Waals surface area contributed by atoms with E-state index in [0.717, 1.165) is 54.8 Å². The molecule has 0 radical (unpaired) electrons. The number of aromatic nitrogens is 1. The van der Waals surface area contributed by atoms with Gasteiger partial charge in [-0.3, -0.25) is 5.32 Å². The van der Waals surface area contributed by atoms with Crippen LogP contribution in [-0.4, -0.2) is 53.4 Å². The summed E-state index contributed by atoms with van der Waals surface area (Å²) in [7, 11) is 0. The van der Waals surface area contributed by atoms with Gasteiger partial charge in [-0.1, -0.05) is 19.9 Å². The Morgan fingerprint density at radius 3 is 2.83 bits per heavy atom. The van der Waals surface area contributed by atoms with Crippen molar-refractivity contribution in [3.8, 4) is 22.8 Å². The highest BCUT2D eigenvalue weighted by Gasteiger charge is 2.34. The molecule has 5 rings (SSSR count). The number of anilines is 1. The van der Waals surface area contributed by atoms with Crippen molar-refractivity contribution in [1.29, 1.82) is 0 Å². The second kappa shape index (κ2) is 10.3. The van der Waals surface area contributed by atoms with Gasteiger partial charge in [0, 0.05) is 12.1 Å². The lowest BCUT2D eigenvalue weighted by Gasteiger charge is -2.32. The molecular weight excluding hydrogens is 460 g/mol. The molecule has 9 heteroatoms. The fraction of sp³-hybridized carbons (Fsp3) is 0.519. The van der Waals surface area contributed by atoms with Crippen molar-refractivity contribution >= 4 is 17.9 Å². The number of hydrogen-bond acceptors (Lipinski definition) is 7. The number of urea groups is 1. The molecule has 2 aliphatic heterocycles. The molecule has 9 nitrogen and oxygen atoms in total. The monoisotopic (exact) mass is 494 g/mol. The summed E-state index contributed by atoms with van der Waals surface area (Å²) in [6, 6.07) is 6.62. The topological polar surface area (TPSA) is 113 Å². The van der Waals surface area contributed by atoms with Crippen LogP contribution >= 0.6 is 0 Å². The van der Waals surface area contributed by atoms with Crippen molar-refractivity contribution in [2.45, 2.75) is 52.0 Å². The summed E-state index contributed by atoms with van der Waals surface area (Å²) >= 11 is 0. The number of piperidine rings is 1. The van der Waals surface area contributed by atoms with Crippen LogP contribution in [0.1, 0.15) is 56.6 Å². The number of nitrogens with one attached hydrogen (secondary N) is 2. The second-order valence-electron chi connectivity index (χ2n) is 10.4. The number of nitrogens with zero attached hydrogens (tertiary/aromatic N) is 2. The Kier molecular flexibility index (Phi) is 7.00. The molecule has 3 N–H and O–H groups in total. The zero-order valence-electron chi connectivity index (χ0n) is 20.9. The second-order valence-corrected chi connectivity index (χ2v) is 10.4. The Bertz CT molecular complexity index is 1140. The Morgan fingerprint density at radius 1 is 1.28 bits per heavy atom. The van der Waals surface area contributed by atoms with Crippen molar-refractivity contribution in [3.05, 3.63) is 35.4 Å². The van der Waals surface area contributed by atoms with Gasteiger partial charge in [0.05, 0.1) is 31.0 Å². The minimum Gasteiger partial charge on any atom is -0.507 e. The SMILES string of the molecule is CC(C)COC(=O)N1Cc2c(C3CCCNC3)cc(-c3c(O)cccc3OCC3CC3)nc2NC1=O. The summed E-state index contributed by atoms with van der Waals surface area (Å²) in [5.41, 5.74) is 2.85. The molecular formula is C27H34N4O5. The van der Waals surface area contributed by atoms with E-state index in [2.05, 4.69) is 10.6 Å². The number of amides is 3. The summed E-state index contributed by atoms with van der Waals surface area (Å²) in [4.78, 5) is 31.4. The maximum absolute atomic E-state index is 12.9. The van der Waals surface area contributed by atoms with Crippen molar-refractivity contribution in [2.75, 3.05) is 31.6 Å². The van der Waals surface area contributed by atoms with E-state index in [1.165, 1.54) is 0 Å². The molecule has 3 aliphatic rings. The van der Waals surface area contributed by atoms with E-state index in [0.29, 0.717) is 35.3 Å². The van der Waals surface area contributed by atoms with Crippen LogP contribution < -0.4 is 15.4 Å². The Morgan fingerprint density at radius 2 is 2.11 bits per heavy atom. The lowest BCUT2D eigenvalue weighted by molar-refractivity contribution is 0.0993. The Balaban J connectivity index is 1.53. The first-order valence-corrected chi connectivity index (χ1v) is 12.9. The molecule has 1 aromatic carbocycles. The molecule has 1 atom stereocenters. The third kappa shape index (κ3) is 5.26. The Labute approximate surface area is 211 Å². The van der Waals surface area contributed by atoms with Gasteiger partial charge < -0.3 is 19.9 Å². The van der Waals surface area contributed by atoms with Gasteiger partial charge >= 0.3 is 12.1 Å². The number of hydrogen-bond donors (Lipinski definition) is 3. The average molecular weight is 495 g/mol. The van der Waals surface area contributed by atoms with E-state index in [9.17, 15) is 14.7 Å². The van der Waals surface area contributed by atoms with E-state index in [1.807, 2.05) is 26.0 Å². The van der Waals surface area contributed by atoms with Gasteiger partial charge in [-0.05, 0) is 73.7 Å². The molecule has 3 heterocycles. The number of phenols is 1. The molecule has 0 bridgehead atoms. The number of benzene rings is 1. The van der Waals surface area contributed by atoms with Crippen molar-refractivity contribution in [2.24, 2.45) is 11.8 Å². The minimum absolute atomic E-state index is 0.0736. The number of phenolic OH excluding ortho intramolecular Hbond substituents is 1. The molecule has 2 fully saturated rings. The Hall–Kier alpha value is -3.33. The lowest BCUT2D eigenvalue weighted by Crippen LogP contribution is -2.44. The van der Waals surface area contributed by atoms with E-state index in [-0.39, 0.29) is 30.7 Å². The first kappa shape index (κ1) is 24.4. The number of carbonyl (C=O) groups is 2. The third-order valence-electron chi connectivity index (χ3n) is 6.87. The summed E-state index contributed by atoms with van der Waals surface area (Å²) in [5.74, 6) is 1.95. The number of fused-ring (bicyclic) bond motifs is 1. The minimum atomic E-state index is -0.667. The molecule has 2 aromatic rings. The predicted octanol–water partition coefficient (Wildman–Crippen LogP) is 4.85. The maximum Gasteiger partial charge on any atom is 0.418 e. The van der Waals surface area contributed by atoms with Crippen molar-refractivity contribution in [3.63, 3.8) is 0 Å². The molecule has 1 aromatic heterocycles. The highest BCUT2D eigenvalue weighted by atomic mass is 16.6. The van der Waals surface area contributed by atoms with Crippen LogP contribution in [0.15, 0.2) is 24.3 Å². The molecule has 0 spiro atoms. The van der Waals surface area contributed by atoms with Gasteiger partial charge in [0.2, 0.25) is 0 Å². The fourth-order valence-electron chi connectivity index (χ4n) is 4.72. The average Bonchev–Trinajstić information content (AvgIpc) is 3.70. The van der Waals surface area contributed by atoms with Crippen LogP contribution in [0.2, 0.25) is 0 Å². The first-order chi connectivity index (χ1) is 17.4. The van der Waals surface area contributed by atoms with Crippen LogP contribution in [0.25, 0.3) is 11.3 Å². The summed E-state index contributed by atoms with van der Waals surface area (Å²) < 4.78 is 11.4. The van der Waals surface area contributed by atoms with Crippen LogP contribution in [0.3, 0.4) is 0 Å². The lowest BCUT2D eigenvalue weighted by atomic mass is 9.87. The van der Waals surface area contributed by atoms with E-state index < -0.39 is 12.1 Å². The number of aromatic hydroxyl groups is 1. The molecule has 1 unspecified atom stereocenters. The first-order valence-electron chi connectivity index (χ1n) is 12.9. The number of ether oxygens (including phenoxy) is 2. The molecule has 1 saturated heterocycles. The maximum atomic E-state index is 12.9. The van der Waals surface area contributed by atoms with Crippen LogP contribution in [0, 0.1) is 11.8 Å². The molecule has 192 valence electrons. The van der Waals surface area contributed by atoms with E-state index in [1.54, 1.807) is 12.1 Å². The third-order valence-corrected chi connectivity index (χ3v) is 6.87. The van der Waals surface area contributed by atoms with Gasteiger partial charge in [-0.2, -0.15) is 0 Å². The van der Waals surface area contributed by atoms with Gasteiger partial charge in [-0.15, -0.1) is 0 Å². The van der Waals surface area contributed by atoms with Crippen LogP contribution in [0.4, 0.5) is 15.4 Å². The van der Waals surface area contributed by atoms with Crippen molar-refractivity contribution in [1.82, 2.24) is 15.2 Å². The molecule has 3 amide bonds. The highest BCUT2D eigenvalue weighted by Crippen LogP contribution is 2.42. The standard InChI is InChI=1S/C27H34N4O5/c1-16(2)14-36-27(34)31-13-20-19(18-5-4-10-28-12-18)11-21(29-25(20)30-26(31)33)24-22(32)6-3-7-23(24)35-15-17-8-9-17/h3,6-7,11,16-18,28,32H,4-5,8-10,12-15H2,1-2H3,(H,29,30,33). The zero-order valence-corrected chi connectivity index (χ0v) is 20.9. The van der Waals surface area contributed by atoms with Gasteiger partial charge in [0.1, 0.15) is 17.3 Å². The quantitative estimate of drug-likeness (QED) is 0.504. The zero-order chi connectivity index (χ0) is 25.2. The molecule has 1 saturated carbocycles. The normalized spacial score (nSPS) is 19.6. The summed E-state index contributed by atoms with van der Waals surface area (Å²) in [6.45, 7) is 6.56. The molecule has 1 aliphatic carbocycles. The predicted molar refractivity (Wildman–Crippen MR) is 135 cm³/mol. The number of imide groups is 1. The van der Waals surface area contributed by atoms with Gasteiger partial charge in [-0.25, -0.2) is 19.5 Å². The van der Waals surface area contributed by atoms with Crippen LogP contribution in [-0.2, 0) is 11.3 Å².